The number of nitrogens with one attached hydrogen (secondary N) is 1. The molecular weight excluding hydrogens is 346 g/mol. The normalized spacial score (nSPS) is 17.2. The van der Waals surface area contributed by atoms with Gasteiger partial charge in [-0.2, -0.15) is 0 Å². The minimum Gasteiger partial charge on any atom is -0.360 e. The first kappa shape index (κ1) is 19.2. The molecule has 27 heavy (non-hydrogen) atoms. The second-order valence-electron chi connectivity index (χ2n) is 7.09. The maximum atomic E-state index is 13.1. The number of carbonyl (C=O) groups excluding carboxylic acids is 2. The van der Waals surface area contributed by atoms with Crippen LogP contribution in [-0.2, 0) is 4.79 Å². The first-order valence-electron chi connectivity index (χ1n) is 9.32. The van der Waals surface area contributed by atoms with Gasteiger partial charge in [0.25, 0.3) is 5.91 Å². The number of carbonyl (C=O) groups is 2. The van der Waals surface area contributed by atoms with Crippen molar-refractivity contribution in [1.29, 1.82) is 0 Å². The summed E-state index contributed by atoms with van der Waals surface area (Å²) in [5.74, 6) is 1.12. The Morgan fingerprint density at radius 2 is 2.11 bits per heavy atom. The number of hydrogen-bond donors (Lipinski definition) is 2. The van der Waals surface area contributed by atoms with Crippen LogP contribution < -0.4 is 11.1 Å². The van der Waals surface area contributed by atoms with Gasteiger partial charge in [0.2, 0.25) is 5.91 Å². The fourth-order valence-corrected chi connectivity index (χ4v) is 3.68. The zero-order valence-electron chi connectivity index (χ0n) is 16.1. The Bertz CT molecular complexity index is 839. The number of nitrogens with zero attached hydrogens (tertiary/aromatic N) is 3. The lowest BCUT2D eigenvalue weighted by Gasteiger charge is -2.32. The topological polar surface area (TPSA) is 106 Å². The van der Waals surface area contributed by atoms with Gasteiger partial charge in [-0.1, -0.05) is 5.16 Å². The van der Waals surface area contributed by atoms with Crippen LogP contribution in [0.3, 0.4) is 0 Å². The van der Waals surface area contributed by atoms with Crippen molar-refractivity contribution in [2.24, 2.45) is 11.7 Å². The molecule has 1 atom stereocenters. The van der Waals surface area contributed by atoms with E-state index >= 15 is 0 Å². The number of hydrogen-bond acceptors (Lipinski definition) is 5. The molecule has 0 bridgehead atoms. The van der Waals surface area contributed by atoms with Crippen molar-refractivity contribution in [3.8, 4) is 5.82 Å². The number of likely N-dealkylation sites (tertiary alicyclic amines) is 1. The molecule has 3 heterocycles. The molecule has 1 saturated heterocycles. The summed E-state index contributed by atoms with van der Waals surface area (Å²) in [5.41, 5.74) is 7.82. The lowest BCUT2D eigenvalue weighted by molar-refractivity contribution is -0.126. The maximum absolute atomic E-state index is 13.1. The fraction of sp³-hybridized carbons (Fsp3) is 0.526. The van der Waals surface area contributed by atoms with Crippen molar-refractivity contribution in [2.45, 2.75) is 33.6 Å². The third-order valence-corrected chi connectivity index (χ3v) is 5.03. The van der Waals surface area contributed by atoms with Crippen LogP contribution in [0, 0.1) is 26.7 Å². The summed E-state index contributed by atoms with van der Waals surface area (Å²) in [7, 11) is 0. The number of aromatic nitrogens is 2. The van der Waals surface area contributed by atoms with Crippen molar-refractivity contribution in [2.75, 3.05) is 26.2 Å². The molecule has 2 aromatic rings. The van der Waals surface area contributed by atoms with Gasteiger partial charge in [0.1, 0.15) is 5.76 Å². The molecule has 8 heteroatoms. The van der Waals surface area contributed by atoms with Crippen molar-refractivity contribution < 1.29 is 14.1 Å². The van der Waals surface area contributed by atoms with Gasteiger partial charge in [0.15, 0.2) is 5.82 Å². The van der Waals surface area contributed by atoms with Crippen LogP contribution in [0.1, 0.15) is 40.3 Å². The van der Waals surface area contributed by atoms with Crippen LogP contribution in [0.25, 0.3) is 5.82 Å². The molecule has 8 nitrogen and oxygen atoms in total. The molecule has 1 aliphatic heterocycles. The van der Waals surface area contributed by atoms with E-state index in [0.29, 0.717) is 43.3 Å². The van der Waals surface area contributed by atoms with E-state index in [-0.39, 0.29) is 17.7 Å². The Hall–Kier alpha value is -2.61. The predicted octanol–water partition coefficient (Wildman–Crippen LogP) is 1.32. The smallest absolute Gasteiger partial charge is 0.255 e. The Balaban J connectivity index is 1.79. The van der Waals surface area contributed by atoms with E-state index in [1.165, 1.54) is 0 Å². The third-order valence-electron chi connectivity index (χ3n) is 5.03. The third kappa shape index (κ3) is 3.90. The first-order chi connectivity index (χ1) is 12.9. The van der Waals surface area contributed by atoms with E-state index in [1.54, 1.807) is 4.90 Å². The lowest BCUT2D eigenvalue weighted by Crippen LogP contribution is -2.46. The van der Waals surface area contributed by atoms with Crippen LogP contribution >= 0.6 is 0 Å². The average molecular weight is 373 g/mol. The number of aryl methyl sites for hydroxylation is 2. The van der Waals surface area contributed by atoms with E-state index in [1.807, 2.05) is 37.5 Å². The zero-order chi connectivity index (χ0) is 19.6. The average Bonchev–Trinajstić information content (AvgIpc) is 3.21. The molecule has 0 aliphatic carbocycles. The quantitative estimate of drug-likeness (QED) is 0.822. The number of rotatable bonds is 5. The van der Waals surface area contributed by atoms with Crippen LogP contribution in [0.15, 0.2) is 16.7 Å². The molecule has 3 rings (SSSR count). The highest BCUT2D eigenvalue weighted by Gasteiger charge is 2.30. The van der Waals surface area contributed by atoms with Gasteiger partial charge in [-0.25, -0.2) is 0 Å². The Kier molecular flexibility index (Phi) is 5.65. The van der Waals surface area contributed by atoms with Gasteiger partial charge in [-0.3, -0.25) is 14.2 Å². The SMILES string of the molecule is Cc1cc(-n2c(C)cc(C(=O)N3CCCC(C(=O)NCCN)C3)c2C)no1. The molecule has 2 aromatic heterocycles. The van der Waals surface area contributed by atoms with Gasteiger partial charge in [0, 0.05) is 43.6 Å². The highest BCUT2D eigenvalue weighted by Crippen LogP contribution is 2.24. The fourth-order valence-electron chi connectivity index (χ4n) is 3.68. The molecule has 2 amide bonds. The van der Waals surface area contributed by atoms with Gasteiger partial charge in [-0.15, -0.1) is 0 Å². The van der Waals surface area contributed by atoms with Crippen molar-refractivity contribution in [1.82, 2.24) is 19.9 Å². The lowest BCUT2D eigenvalue weighted by atomic mass is 9.96. The molecule has 0 saturated carbocycles. The molecule has 146 valence electrons. The Morgan fingerprint density at radius 1 is 1.33 bits per heavy atom. The number of piperidine rings is 1. The minimum atomic E-state index is -0.184. The summed E-state index contributed by atoms with van der Waals surface area (Å²) in [6.45, 7) is 7.64. The summed E-state index contributed by atoms with van der Waals surface area (Å²) >= 11 is 0. The van der Waals surface area contributed by atoms with E-state index < -0.39 is 0 Å². The largest absolute Gasteiger partial charge is 0.360 e. The van der Waals surface area contributed by atoms with Crippen molar-refractivity contribution >= 4 is 11.8 Å². The molecule has 0 spiro atoms. The summed E-state index contributed by atoms with van der Waals surface area (Å²) in [4.78, 5) is 27.1. The van der Waals surface area contributed by atoms with E-state index in [0.717, 1.165) is 24.2 Å². The standard InChI is InChI=1S/C19H27N5O3/c1-12-9-16(14(3)24(12)17-10-13(2)27-22-17)19(26)23-8-4-5-15(11-23)18(25)21-7-6-20/h9-10,15H,4-8,11,20H2,1-3H3,(H,21,25). The predicted molar refractivity (Wildman–Crippen MR) is 101 cm³/mol. The first-order valence-corrected chi connectivity index (χ1v) is 9.32. The second-order valence-corrected chi connectivity index (χ2v) is 7.09. The number of amides is 2. The monoisotopic (exact) mass is 373 g/mol. The summed E-state index contributed by atoms with van der Waals surface area (Å²) in [6.07, 6.45) is 1.60. The Labute approximate surface area is 158 Å². The molecule has 0 radical (unpaired) electrons. The molecule has 1 fully saturated rings. The summed E-state index contributed by atoms with van der Waals surface area (Å²) in [5, 5.41) is 6.88. The number of nitrogens with two attached hydrogens (primary N) is 1. The minimum absolute atomic E-state index is 0.0264. The van der Waals surface area contributed by atoms with E-state index in [4.69, 9.17) is 10.3 Å². The molecule has 0 aromatic carbocycles. The van der Waals surface area contributed by atoms with Gasteiger partial charge >= 0.3 is 0 Å². The van der Waals surface area contributed by atoms with Crippen LogP contribution in [0.2, 0.25) is 0 Å². The highest BCUT2D eigenvalue weighted by atomic mass is 16.5. The van der Waals surface area contributed by atoms with E-state index in [9.17, 15) is 9.59 Å². The highest BCUT2D eigenvalue weighted by molar-refractivity contribution is 5.96. The molecule has 3 N–H and O–H groups in total. The summed E-state index contributed by atoms with van der Waals surface area (Å²) in [6, 6.07) is 3.72. The van der Waals surface area contributed by atoms with E-state index in [2.05, 4.69) is 10.5 Å². The second kappa shape index (κ2) is 7.96. The van der Waals surface area contributed by atoms with Gasteiger partial charge in [0.05, 0.1) is 11.5 Å². The van der Waals surface area contributed by atoms with Crippen molar-refractivity contribution in [3.63, 3.8) is 0 Å². The van der Waals surface area contributed by atoms with Crippen LogP contribution in [0.5, 0.6) is 0 Å². The summed E-state index contributed by atoms with van der Waals surface area (Å²) < 4.78 is 7.08. The van der Waals surface area contributed by atoms with Gasteiger partial charge in [-0.05, 0) is 39.7 Å². The van der Waals surface area contributed by atoms with Crippen LogP contribution in [-0.4, -0.2) is 52.6 Å². The Morgan fingerprint density at radius 3 is 2.78 bits per heavy atom. The van der Waals surface area contributed by atoms with Crippen molar-refractivity contribution in [3.05, 3.63) is 34.8 Å². The zero-order valence-corrected chi connectivity index (χ0v) is 16.1. The van der Waals surface area contributed by atoms with Crippen LogP contribution in [0.4, 0.5) is 0 Å². The van der Waals surface area contributed by atoms with Gasteiger partial charge < -0.3 is 20.5 Å². The molecule has 1 unspecified atom stereocenters. The molecule has 1 aliphatic rings. The molecular formula is C19H27N5O3. The maximum Gasteiger partial charge on any atom is 0.255 e.